The van der Waals surface area contributed by atoms with Gasteiger partial charge in [0.2, 0.25) is 5.91 Å². The highest BCUT2D eigenvalue weighted by molar-refractivity contribution is 7.18. The number of piperidine rings is 1. The molecule has 35 heavy (non-hydrogen) atoms. The SMILES string of the molecule is NC(=O)C(c1nc2ccccc2s1)C1(c2ccccc2)CCN(C(=O)OCc2ccccc2)CC1. The number of benzene rings is 3. The third-order valence-corrected chi connectivity index (χ3v) is 7.96. The molecule has 0 radical (unpaired) electrons. The molecule has 1 aliphatic heterocycles. The van der Waals surface area contributed by atoms with Gasteiger partial charge < -0.3 is 15.4 Å². The Kier molecular flexibility index (Phi) is 6.51. The third-order valence-electron chi connectivity index (χ3n) is 6.86. The van der Waals surface area contributed by atoms with E-state index < -0.39 is 17.2 Å². The van der Waals surface area contributed by atoms with Crippen molar-refractivity contribution in [3.63, 3.8) is 0 Å². The molecule has 178 valence electrons. The Bertz CT molecular complexity index is 1280. The second-order valence-corrected chi connectivity index (χ2v) is 9.97. The lowest BCUT2D eigenvalue weighted by Gasteiger charge is -2.45. The first-order valence-electron chi connectivity index (χ1n) is 11.7. The van der Waals surface area contributed by atoms with Gasteiger partial charge in [0.1, 0.15) is 11.6 Å². The minimum absolute atomic E-state index is 0.232. The second kappa shape index (κ2) is 9.88. The van der Waals surface area contributed by atoms with Crippen LogP contribution < -0.4 is 5.73 Å². The Labute approximate surface area is 208 Å². The van der Waals surface area contributed by atoms with Gasteiger partial charge in [-0.2, -0.15) is 0 Å². The highest BCUT2D eigenvalue weighted by Crippen LogP contribution is 2.48. The maximum absolute atomic E-state index is 13.0. The van der Waals surface area contributed by atoms with Gasteiger partial charge in [-0.05, 0) is 36.1 Å². The maximum atomic E-state index is 13.0. The number of para-hydroxylation sites is 1. The molecule has 0 bridgehead atoms. The van der Waals surface area contributed by atoms with Gasteiger partial charge in [-0.1, -0.05) is 72.8 Å². The molecule has 7 heteroatoms. The molecule has 1 aromatic heterocycles. The smallest absolute Gasteiger partial charge is 0.410 e. The van der Waals surface area contributed by atoms with Crippen LogP contribution in [-0.4, -0.2) is 35.0 Å². The first kappa shape index (κ1) is 23.1. The summed E-state index contributed by atoms with van der Waals surface area (Å²) in [7, 11) is 0. The van der Waals surface area contributed by atoms with Crippen molar-refractivity contribution in [3.05, 3.63) is 101 Å². The number of thiazole rings is 1. The molecule has 1 fully saturated rings. The number of primary amides is 1. The molecular weight excluding hydrogens is 458 g/mol. The third kappa shape index (κ3) is 4.64. The van der Waals surface area contributed by atoms with Crippen molar-refractivity contribution in [3.8, 4) is 0 Å². The molecule has 2 N–H and O–H groups in total. The Balaban J connectivity index is 1.42. The van der Waals surface area contributed by atoms with Crippen LogP contribution in [0.3, 0.4) is 0 Å². The molecular formula is C28H27N3O3S. The van der Waals surface area contributed by atoms with E-state index in [0.29, 0.717) is 25.9 Å². The van der Waals surface area contributed by atoms with Gasteiger partial charge in [-0.25, -0.2) is 9.78 Å². The van der Waals surface area contributed by atoms with Crippen molar-refractivity contribution in [1.29, 1.82) is 0 Å². The molecule has 1 aliphatic rings. The molecule has 4 aromatic rings. The van der Waals surface area contributed by atoms with Crippen molar-refractivity contribution >= 4 is 33.6 Å². The highest BCUT2D eigenvalue weighted by Gasteiger charge is 2.48. The van der Waals surface area contributed by atoms with Crippen LogP contribution in [0.25, 0.3) is 10.2 Å². The van der Waals surface area contributed by atoms with E-state index in [1.807, 2.05) is 84.9 Å². The lowest BCUT2D eigenvalue weighted by Crippen LogP contribution is -2.50. The standard InChI is InChI=1S/C28H27N3O3S/c29-25(32)24(26-30-22-13-7-8-14-23(22)35-26)28(21-11-5-2-6-12-21)15-17-31(18-16-28)27(33)34-19-20-9-3-1-4-10-20/h1-14,24H,15-19H2,(H2,29,32). The van der Waals surface area contributed by atoms with E-state index in [9.17, 15) is 9.59 Å². The Morgan fingerprint density at radius 1 is 0.943 bits per heavy atom. The molecule has 3 aromatic carbocycles. The molecule has 0 aliphatic carbocycles. The summed E-state index contributed by atoms with van der Waals surface area (Å²) >= 11 is 1.52. The second-order valence-electron chi connectivity index (χ2n) is 8.90. The summed E-state index contributed by atoms with van der Waals surface area (Å²) < 4.78 is 6.59. The number of nitrogens with zero attached hydrogens (tertiary/aromatic N) is 2. The molecule has 0 spiro atoms. The summed E-state index contributed by atoms with van der Waals surface area (Å²) in [6, 6.07) is 27.5. The van der Waals surface area contributed by atoms with Crippen LogP contribution in [0.5, 0.6) is 0 Å². The van der Waals surface area contributed by atoms with Gasteiger partial charge in [0.05, 0.1) is 16.1 Å². The lowest BCUT2D eigenvalue weighted by molar-refractivity contribution is -0.121. The zero-order chi connectivity index (χ0) is 24.3. The molecule has 1 saturated heterocycles. The van der Waals surface area contributed by atoms with Crippen molar-refractivity contribution in [2.75, 3.05) is 13.1 Å². The molecule has 5 rings (SSSR count). The van der Waals surface area contributed by atoms with E-state index in [-0.39, 0.29) is 12.7 Å². The minimum atomic E-state index is -0.593. The first-order valence-corrected chi connectivity index (χ1v) is 12.5. The zero-order valence-electron chi connectivity index (χ0n) is 19.3. The van der Waals surface area contributed by atoms with E-state index in [4.69, 9.17) is 15.5 Å². The number of carbonyl (C=O) groups excluding carboxylic acids is 2. The minimum Gasteiger partial charge on any atom is -0.445 e. The Hall–Kier alpha value is -3.71. The number of carbonyl (C=O) groups is 2. The summed E-state index contributed by atoms with van der Waals surface area (Å²) in [6.45, 7) is 1.17. The number of ether oxygens (including phenoxy) is 1. The summed E-state index contributed by atoms with van der Waals surface area (Å²) in [5.41, 5.74) is 8.37. The normalized spacial score (nSPS) is 16.1. The van der Waals surface area contributed by atoms with Gasteiger partial charge in [-0.15, -0.1) is 11.3 Å². The van der Waals surface area contributed by atoms with Crippen molar-refractivity contribution in [2.24, 2.45) is 5.73 Å². The van der Waals surface area contributed by atoms with Crippen LogP contribution in [0.2, 0.25) is 0 Å². The summed E-state index contributed by atoms with van der Waals surface area (Å²) in [6.07, 6.45) is 0.827. The van der Waals surface area contributed by atoms with E-state index in [0.717, 1.165) is 26.4 Å². The van der Waals surface area contributed by atoms with E-state index >= 15 is 0 Å². The Morgan fingerprint density at radius 3 is 2.23 bits per heavy atom. The Morgan fingerprint density at radius 2 is 1.57 bits per heavy atom. The number of hydrogen-bond donors (Lipinski definition) is 1. The number of aromatic nitrogens is 1. The number of amides is 2. The molecule has 0 saturated carbocycles. The van der Waals surface area contributed by atoms with Gasteiger partial charge in [-0.3, -0.25) is 4.79 Å². The molecule has 1 unspecified atom stereocenters. The lowest BCUT2D eigenvalue weighted by atomic mass is 9.64. The molecule has 2 heterocycles. The summed E-state index contributed by atoms with van der Waals surface area (Å²) in [5, 5.41) is 0.725. The summed E-state index contributed by atoms with van der Waals surface area (Å²) in [5.74, 6) is -0.988. The van der Waals surface area contributed by atoms with Gasteiger partial charge in [0.15, 0.2) is 0 Å². The highest BCUT2D eigenvalue weighted by atomic mass is 32.1. The number of nitrogens with two attached hydrogens (primary N) is 1. The van der Waals surface area contributed by atoms with Crippen LogP contribution in [0.4, 0.5) is 4.79 Å². The van der Waals surface area contributed by atoms with Crippen LogP contribution in [0, 0.1) is 0 Å². The predicted molar refractivity (Wildman–Crippen MR) is 137 cm³/mol. The van der Waals surface area contributed by atoms with Crippen LogP contribution in [-0.2, 0) is 21.6 Å². The van der Waals surface area contributed by atoms with Crippen molar-refractivity contribution in [2.45, 2.75) is 30.8 Å². The molecule has 6 nitrogen and oxygen atoms in total. The van der Waals surface area contributed by atoms with Crippen molar-refractivity contribution < 1.29 is 14.3 Å². The topological polar surface area (TPSA) is 85.5 Å². The number of rotatable bonds is 6. The number of likely N-dealkylation sites (tertiary alicyclic amines) is 1. The molecule has 1 atom stereocenters. The van der Waals surface area contributed by atoms with Crippen molar-refractivity contribution in [1.82, 2.24) is 9.88 Å². The fourth-order valence-corrected chi connectivity index (χ4v) is 6.25. The van der Waals surface area contributed by atoms with Crippen LogP contribution in [0.1, 0.15) is 34.9 Å². The first-order chi connectivity index (χ1) is 17.1. The zero-order valence-corrected chi connectivity index (χ0v) is 20.1. The fraction of sp³-hybridized carbons (Fsp3) is 0.250. The van der Waals surface area contributed by atoms with Crippen LogP contribution in [0.15, 0.2) is 84.9 Å². The number of fused-ring (bicyclic) bond motifs is 1. The largest absolute Gasteiger partial charge is 0.445 e. The molecule has 2 amide bonds. The van der Waals surface area contributed by atoms with E-state index in [2.05, 4.69) is 0 Å². The monoisotopic (exact) mass is 485 g/mol. The average molecular weight is 486 g/mol. The number of hydrogen-bond acceptors (Lipinski definition) is 5. The fourth-order valence-electron chi connectivity index (χ4n) is 5.06. The quantitative estimate of drug-likeness (QED) is 0.405. The summed E-state index contributed by atoms with van der Waals surface area (Å²) in [4.78, 5) is 32.4. The van der Waals surface area contributed by atoms with Gasteiger partial charge in [0.25, 0.3) is 0 Å². The van der Waals surface area contributed by atoms with E-state index in [1.165, 1.54) is 11.3 Å². The average Bonchev–Trinajstić information content (AvgIpc) is 3.32. The van der Waals surface area contributed by atoms with Gasteiger partial charge >= 0.3 is 6.09 Å². The van der Waals surface area contributed by atoms with Gasteiger partial charge in [0, 0.05) is 18.5 Å². The predicted octanol–water partition coefficient (Wildman–Crippen LogP) is 5.24. The maximum Gasteiger partial charge on any atom is 0.410 e. The van der Waals surface area contributed by atoms with E-state index in [1.54, 1.807) is 4.90 Å². The van der Waals surface area contributed by atoms with Crippen LogP contribution >= 0.6 is 11.3 Å².